The lowest BCUT2D eigenvalue weighted by molar-refractivity contribution is -0.119. The van der Waals surface area contributed by atoms with E-state index in [2.05, 4.69) is 15.3 Å². The molecule has 1 aliphatic heterocycles. The molecule has 0 aliphatic carbocycles. The van der Waals surface area contributed by atoms with Crippen LogP contribution < -0.4 is 5.32 Å². The van der Waals surface area contributed by atoms with E-state index in [1.165, 1.54) is 15.6 Å². The summed E-state index contributed by atoms with van der Waals surface area (Å²) >= 11 is 2.46. The van der Waals surface area contributed by atoms with Gasteiger partial charge in [0.15, 0.2) is 5.13 Å². The third-order valence-corrected chi connectivity index (χ3v) is 8.29. The van der Waals surface area contributed by atoms with Crippen LogP contribution in [0.4, 0.5) is 5.13 Å². The molecule has 0 saturated carbocycles. The van der Waals surface area contributed by atoms with Gasteiger partial charge in [-0.2, -0.15) is 4.31 Å². The van der Waals surface area contributed by atoms with Gasteiger partial charge in [0.2, 0.25) is 5.91 Å². The largest absolute Gasteiger partial charge is 0.301 e. The molecule has 0 aromatic carbocycles. The fraction of sp³-hybridized carbons (Fsp3) is 0.235. The zero-order valence-electron chi connectivity index (χ0n) is 14.1. The van der Waals surface area contributed by atoms with Gasteiger partial charge in [-0.05, 0) is 36.4 Å². The van der Waals surface area contributed by atoms with E-state index in [1.54, 1.807) is 29.9 Å². The molecule has 27 heavy (non-hydrogen) atoms. The number of rotatable bonds is 5. The SMILES string of the molecule is O=C(Nc1nc(-c2cccnc2)cs1)C1CCCN1S(=O)(=O)c1cccs1. The second kappa shape index (κ2) is 7.47. The molecule has 1 atom stereocenters. The van der Waals surface area contributed by atoms with Crippen LogP contribution in [0.2, 0.25) is 0 Å². The number of carbonyl (C=O) groups excluding carboxylic acids is 1. The maximum absolute atomic E-state index is 12.8. The number of nitrogens with one attached hydrogen (secondary N) is 1. The smallest absolute Gasteiger partial charge is 0.253 e. The Bertz CT molecular complexity index is 1030. The fourth-order valence-electron chi connectivity index (χ4n) is 2.98. The van der Waals surface area contributed by atoms with E-state index in [-0.39, 0.29) is 10.1 Å². The Hall–Kier alpha value is -2.14. The van der Waals surface area contributed by atoms with Crippen molar-refractivity contribution >= 4 is 43.7 Å². The van der Waals surface area contributed by atoms with Crippen molar-refractivity contribution in [3.05, 3.63) is 47.4 Å². The monoisotopic (exact) mass is 420 g/mol. The van der Waals surface area contributed by atoms with Gasteiger partial charge in [-0.25, -0.2) is 13.4 Å². The quantitative estimate of drug-likeness (QED) is 0.685. The molecular formula is C17H16N4O3S3. The number of hydrogen-bond donors (Lipinski definition) is 1. The molecule has 1 aliphatic rings. The van der Waals surface area contributed by atoms with Gasteiger partial charge in [0.25, 0.3) is 10.0 Å². The van der Waals surface area contributed by atoms with Crippen molar-refractivity contribution in [1.82, 2.24) is 14.3 Å². The zero-order valence-corrected chi connectivity index (χ0v) is 16.6. The Balaban J connectivity index is 1.50. The van der Waals surface area contributed by atoms with E-state index in [0.717, 1.165) is 22.6 Å². The first-order valence-electron chi connectivity index (χ1n) is 8.28. The lowest BCUT2D eigenvalue weighted by atomic mass is 10.2. The minimum Gasteiger partial charge on any atom is -0.301 e. The highest BCUT2D eigenvalue weighted by atomic mass is 32.2. The van der Waals surface area contributed by atoms with Crippen LogP contribution >= 0.6 is 22.7 Å². The minimum absolute atomic E-state index is 0.260. The molecule has 4 heterocycles. The number of sulfonamides is 1. The first kappa shape index (κ1) is 18.2. The Morgan fingerprint density at radius 2 is 2.15 bits per heavy atom. The van der Waals surface area contributed by atoms with Gasteiger partial charge in [0.1, 0.15) is 10.3 Å². The average molecular weight is 421 g/mol. The molecule has 3 aromatic rings. The number of aromatic nitrogens is 2. The summed E-state index contributed by atoms with van der Waals surface area (Å²) in [5, 5.41) is 6.76. The van der Waals surface area contributed by atoms with Gasteiger partial charge >= 0.3 is 0 Å². The van der Waals surface area contributed by atoms with E-state index >= 15 is 0 Å². The number of thiophene rings is 1. The van der Waals surface area contributed by atoms with E-state index < -0.39 is 16.1 Å². The number of anilines is 1. The highest BCUT2D eigenvalue weighted by molar-refractivity contribution is 7.91. The summed E-state index contributed by atoms with van der Waals surface area (Å²) in [4.78, 5) is 21.2. The molecule has 10 heteroatoms. The molecule has 4 rings (SSSR count). The van der Waals surface area contributed by atoms with Gasteiger partial charge in [0, 0.05) is 29.9 Å². The van der Waals surface area contributed by atoms with Crippen LogP contribution in [0.3, 0.4) is 0 Å². The van der Waals surface area contributed by atoms with Crippen molar-refractivity contribution in [2.75, 3.05) is 11.9 Å². The van der Waals surface area contributed by atoms with Crippen molar-refractivity contribution in [3.8, 4) is 11.3 Å². The number of amides is 1. The molecule has 1 N–H and O–H groups in total. The molecular weight excluding hydrogens is 404 g/mol. The van der Waals surface area contributed by atoms with Gasteiger partial charge < -0.3 is 5.32 Å². The summed E-state index contributed by atoms with van der Waals surface area (Å²) in [5.74, 6) is -0.347. The van der Waals surface area contributed by atoms with Crippen molar-refractivity contribution in [3.63, 3.8) is 0 Å². The predicted octanol–water partition coefficient (Wildman–Crippen LogP) is 3.06. The second-order valence-corrected chi connectivity index (χ2v) is 9.90. The predicted molar refractivity (Wildman–Crippen MR) is 105 cm³/mol. The summed E-state index contributed by atoms with van der Waals surface area (Å²) < 4.78 is 27.1. The van der Waals surface area contributed by atoms with Crippen LogP contribution in [-0.2, 0) is 14.8 Å². The third-order valence-electron chi connectivity index (χ3n) is 4.26. The number of thiazole rings is 1. The number of carbonyl (C=O) groups is 1. The highest BCUT2D eigenvalue weighted by Gasteiger charge is 2.40. The van der Waals surface area contributed by atoms with Crippen LogP contribution in [-0.4, -0.2) is 41.2 Å². The number of pyridine rings is 1. The molecule has 0 radical (unpaired) electrons. The van der Waals surface area contributed by atoms with Gasteiger partial charge in [-0.3, -0.25) is 9.78 Å². The Morgan fingerprint density at radius 1 is 1.26 bits per heavy atom. The summed E-state index contributed by atoms with van der Waals surface area (Å²) in [6, 6.07) is 6.24. The van der Waals surface area contributed by atoms with Crippen molar-refractivity contribution in [2.24, 2.45) is 0 Å². The molecule has 1 saturated heterocycles. The van der Waals surface area contributed by atoms with Crippen LogP contribution in [0.1, 0.15) is 12.8 Å². The average Bonchev–Trinajstić information content (AvgIpc) is 3.42. The number of nitrogens with zero attached hydrogens (tertiary/aromatic N) is 3. The maximum Gasteiger partial charge on any atom is 0.253 e. The first-order chi connectivity index (χ1) is 13.1. The van der Waals surface area contributed by atoms with Crippen LogP contribution in [0.5, 0.6) is 0 Å². The van der Waals surface area contributed by atoms with Crippen molar-refractivity contribution < 1.29 is 13.2 Å². The van der Waals surface area contributed by atoms with Gasteiger partial charge in [0.05, 0.1) is 5.69 Å². The molecule has 1 unspecified atom stereocenters. The lowest BCUT2D eigenvalue weighted by Gasteiger charge is -2.22. The Morgan fingerprint density at radius 3 is 2.89 bits per heavy atom. The molecule has 0 bridgehead atoms. The van der Waals surface area contributed by atoms with E-state index in [4.69, 9.17) is 0 Å². The topological polar surface area (TPSA) is 92.3 Å². The number of hydrogen-bond acceptors (Lipinski definition) is 7. The standard InChI is InChI=1S/C17H16N4O3S3/c22-16(20-17-19-13(11-26-17)12-4-1-7-18-10-12)14-5-2-8-21(14)27(23,24)15-6-3-9-25-15/h1,3-4,6-7,9-11,14H,2,5,8H2,(H,19,20,22). The third kappa shape index (κ3) is 3.65. The van der Waals surface area contributed by atoms with Gasteiger partial charge in [-0.15, -0.1) is 22.7 Å². The van der Waals surface area contributed by atoms with E-state index in [9.17, 15) is 13.2 Å². The molecule has 3 aromatic heterocycles. The summed E-state index contributed by atoms with van der Waals surface area (Å²) in [6.45, 7) is 0.344. The first-order valence-corrected chi connectivity index (χ1v) is 11.5. The lowest BCUT2D eigenvalue weighted by Crippen LogP contribution is -2.42. The Labute approximate surface area is 164 Å². The van der Waals surface area contributed by atoms with Crippen molar-refractivity contribution in [2.45, 2.75) is 23.1 Å². The van der Waals surface area contributed by atoms with Crippen molar-refractivity contribution in [1.29, 1.82) is 0 Å². The van der Waals surface area contributed by atoms with Crippen LogP contribution in [0, 0.1) is 0 Å². The van der Waals surface area contributed by atoms with E-state index in [1.807, 2.05) is 17.5 Å². The summed E-state index contributed by atoms with van der Waals surface area (Å²) in [7, 11) is -3.65. The van der Waals surface area contributed by atoms with Crippen LogP contribution in [0.25, 0.3) is 11.3 Å². The normalized spacial score (nSPS) is 17.9. The zero-order chi connectivity index (χ0) is 18.9. The highest BCUT2D eigenvalue weighted by Crippen LogP contribution is 2.30. The Kier molecular flexibility index (Phi) is 5.04. The van der Waals surface area contributed by atoms with Gasteiger partial charge in [-0.1, -0.05) is 6.07 Å². The minimum atomic E-state index is -3.65. The molecule has 7 nitrogen and oxygen atoms in total. The summed E-state index contributed by atoms with van der Waals surface area (Å²) in [6.07, 6.45) is 4.53. The molecule has 1 fully saturated rings. The fourth-order valence-corrected chi connectivity index (χ4v) is 6.48. The maximum atomic E-state index is 12.8. The molecule has 0 spiro atoms. The molecule has 1 amide bonds. The summed E-state index contributed by atoms with van der Waals surface area (Å²) in [5.41, 5.74) is 1.58. The second-order valence-electron chi connectivity index (χ2n) is 5.97. The van der Waals surface area contributed by atoms with Crippen LogP contribution in [0.15, 0.2) is 51.6 Å². The molecule has 140 valence electrons. The van der Waals surface area contributed by atoms with E-state index in [0.29, 0.717) is 24.5 Å².